The molecular weight excluding hydrogens is 553 g/mol. The van der Waals surface area contributed by atoms with Crippen LogP contribution in [0, 0.1) is 5.82 Å². The molecule has 1 heterocycles. The highest BCUT2D eigenvalue weighted by atomic mass is 32.2. The zero-order chi connectivity index (χ0) is 29.7. The lowest BCUT2D eigenvalue weighted by atomic mass is 10.0. The van der Waals surface area contributed by atoms with Gasteiger partial charge in [0.1, 0.15) is 11.9 Å². The molecule has 1 aliphatic heterocycles. The normalized spacial score (nSPS) is 14.1. The summed E-state index contributed by atoms with van der Waals surface area (Å²) < 4.78 is 42.9. The fourth-order valence-corrected chi connectivity index (χ4v) is 7.20. The Morgan fingerprint density at radius 1 is 0.929 bits per heavy atom. The van der Waals surface area contributed by atoms with Crippen LogP contribution in [0.1, 0.15) is 37.3 Å². The van der Waals surface area contributed by atoms with Crippen molar-refractivity contribution < 1.29 is 22.4 Å². The Balaban J connectivity index is 1.39. The van der Waals surface area contributed by atoms with Gasteiger partial charge in [0.25, 0.3) is 10.0 Å². The minimum Gasteiger partial charge on any atom is -0.354 e. The first-order valence-corrected chi connectivity index (χ1v) is 15.6. The van der Waals surface area contributed by atoms with E-state index in [1.165, 1.54) is 15.3 Å². The molecule has 0 unspecified atom stereocenters. The van der Waals surface area contributed by atoms with Gasteiger partial charge in [0, 0.05) is 43.4 Å². The number of carbonyl (C=O) groups is 2. The second kappa shape index (κ2) is 12.7. The van der Waals surface area contributed by atoms with Crippen molar-refractivity contribution in [3.05, 3.63) is 108 Å². The van der Waals surface area contributed by atoms with E-state index in [4.69, 9.17) is 0 Å². The SMILES string of the molecule is CCCNC(=O)[C@H](Cc1ccccc1)N(Cc1ccccc1F)C(=O)CCCN1c2cccc3cccc(c23)S1(=O)=O. The van der Waals surface area contributed by atoms with Crippen LogP contribution in [0.3, 0.4) is 0 Å². The molecule has 0 spiro atoms. The van der Waals surface area contributed by atoms with Crippen molar-refractivity contribution in [1.82, 2.24) is 10.2 Å². The predicted octanol–water partition coefficient (Wildman–Crippen LogP) is 5.43. The predicted molar refractivity (Wildman–Crippen MR) is 162 cm³/mol. The van der Waals surface area contributed by atoms with Crippen molar-refractivity contribution in [1.29, 1.82) is 0 Å². The Morgan fingerprint density at radius 2 is 1.64 bits per heavy atom. The summed E-state index contributed by atoms with van der Waals surface area (Å²) in [5.74, 6) is -1.12. The van der Waals surface area contributed by atoms with Crippen LogP contribution in [-0.2, 0) is 32.6 Å². The summed E-state index contributed by atoms with van der Waals surface area (Å²) in [6, 6.07) is 25.4. The Morgan fingerprint density at radius 3 is 2.38 bits per heavy atom. The lowest BCUT2D eigenvalue weighted by Crippen LogP contribution is -2.50. The molecular formula is C33H34FN3O4S. The maximum Gasteiger partial charge on any atom is 0.265 e. The Kier molecular flexibility index (Phi) is 8.87. The standard InChI is InChI=1S/C33H34FN3O4S/c1-2-20-35-33(39)29(22-24-11-4-3-5-12-24)36(23-26-13-6-7-16-27(26)34)31(38)19-10-21-37-28-17-8-14-25-15-9-18-30(32(25)28)42(37,40)41/h3-9,11-18,29H,2,10,19-23H2,1H3,(H,35,39)/t29-/m0/s1. The van der Waals surface area contributed by atoms with Crippen molar-refractivity contribution in [3.63, 3.8) is 0 Å². The number of halogens is 1. The van der Waals surface area contributed by atoms with Crippen LogP contribution in [0.25, 0.3) is 10.8 Å². The third-order valence-corrected chi connectivity index (χ3v) is 9.41. The van der Waals surface area contributed by atoms with Crippen molar-refractivity contribution in [2.24, 2.45) is 0 Å². The fourth-order valence-electron chi connectivity index (χ4n) is 5.45. The first-order chi connectivity index (χ1) is 20.3. The number of hydrogen-bond acceptors (Lipinski definition) is 4. The van der Waals surface area contributed by atoms with Crippen molar-refractivity contribution >= 4 is 38.3 Å². The van der Waals surface area contributed by atoms with Gasteiger partial charge < -0.3 is 10.2 Å². The molecule has 42 heavy (non-hydrogen) atoms. The lowest BCUT2D eigenvalue weighted by molar-refractivity contribution is -0.141. The molecule has 0 aliphatic carbocycles. The topological polar surface area (TPSA) is 86.8 Å². The van der Waals surface area contributed by atoms with E-state index in [2.05, 4.69) is 5.32 Å². The molecule has 0 saturated carbocycles. The van der Waals surface area contributed by atoms with Crippen LogP contribution < -0.4 is 9.62 Å². The number of hydrogen-bond donors (Lipinski definition) is 1. The van der Waals surface area contributed by atoms with Gasteiger partial charge in [0.15, 0.2) is 0 Å². The molecule has 218 valence electrons. The minimum atomic E-state index is -3.76. The molecule has 0 radical (unpaired) electrons. The van der Waals surface area contributed by atoms with Crippen molar-refractivity contribution in [3.8, 4) is 0 Å². The zero-order valence-electron chi connectivity index (χ0n) is 23.5. The third kappa shape index (κ3) is 6.01. The van der Waals surface area contributed by atoms with E-state index in [9.17, 15) is 22.4 Å². The van der Waals surface area contributed by atoms with Gasteiger partial charge in [-0.3, -0.25) is 13.9 Å². The van der Waals surface area contributed by atoms with Gasteiger partial charge in [-0.1, -0.05) is 79.7 Å². The quantitative estimate of drug-likeness (QED) is 0.239. The fraction of sp³-hybridized carbons (Fsp3) is 0.273. The van der Waals surface area contributed by atoms with Crippen LogP contribution in [0.2, 0.25) is 0 Å². The number of benzene rings is 4. The molecule has 4 aromatic carbocycles. The lowest BCUT2D eigenvalue weighted by Gasteiger charge is -2.32. The van der Waals surface area contributed by atoms with Crippen LogP contribution in [-0.4, -0.2) is 44.3 Å². The van der Waals surface area contributed by atoms with E-state index in [1.807, 2.05) is 55.5 Å². The van der Waals surface area contributed by atoms with Crippen LogP contribution in [0.5, 0.6) is 0 Å². The van der Waals surface area contributed by atoms with Gasteiger partial charge in [0.05, 0.1) is 10.6 Å². The number of carbonyl (C=O) groups excluding carboxylic acids is 2. The maximum absolute atomic E-state index is 14.8. The van der Waals surface area contributed by atoms with Crippen molar-refractivity contribution in [2.45, 2.75) is 50.1 Å². The molecule has 7 nitrogen and oxygen atoms in total. The van der Waals surface area contributed by atoms with Crippen molar-refractivity contribution in [2.75, 3.05) is 17.4 Å². The Labute approximate surface area is 246 Å². The number of nitrogens with zero attached hydrogens (tertiary/aromatic N) is 2. The summed E-state index contributed by atoms with van der Waals surface area (Å²) in [4.78, 5) is 29.0. The van der Waals surface area contributed by atoms with E-state index in [0.717, 1.165) is 17.4 Å². The summed E-state index contributed by atoms with van der Waals surface area (Å²) >= 11 is 0. The van der Waals surface area contributed by atoms with Gasteiger partial charge in [-0.15, -0.1) is 0 Å². The molecule has 9 heteroatoms. The smallest absolute Gasteiger partial charge is 0.265 e. The maximum atomic E-state index is 14.8. The Bertz CT molecular complexity index is 1690. The first-order valence-electron chi connectivity index (χ1n) is 14.2. The highest BCUT2D eigenvalue weighted by Crippen LogP contribution is 2.42. The molecule has 0 fully saturated rings. The van der Waals surface area contributed by atoms with Gasteiger partial charge in [-0.25, -0.2) is 12.8 Å². The number of amides is 2. The minimum absolute atomic E-state index is 0.0147. The molecule has 1 aliphatic rings. The van der Waals surface area contributed by atoms with Gasteiger partial charge in [0.2, 0.25) is 11.8 Å². The van der Waals surface area contributed by atoms with E-state index in [1.54, 1.807) is 36.4 Å². The van der Waals surface area contributed by atoms with Gasteiger partial charge >= 0.3 is 0 Å². The van der Waals surface area contributed by atoms with Crippen LogP contribution in [0.4, 0.5) is 10.1 Å². The second-order valence-electron chi connectivity index (χ2n) is 10.4. The molecule has 0 aromatic heterocycles. The number of rotatable bonds is 12. The summed E-state index contributed by atoms with van der Waals surface area (Å²) in [6.07, 6.45) is 1.20. The number of sulfonamides is 1. The average Bonchev–Trinajstić information content (AvgIpc) is 3.22. The van der Waals surface area contributed by atoms with Gasteiger partial charge in [-0.05, 0) is 42.0 Å². The molecule has 4 aromatic rings. The number of nitrogens with one attached hydrogen (secondary N) is 1. The van der Waals surface area contributed by atoms with E-state index in [0.29, 0.717) is 23.2 Å². The Hall–Kier alpha value is -4.24. The molecule has 1 atom stereocenters. The monoisotopic (exact) mass is 587 g/mol. The molecule has 5 rings (SSSR count). The summed E-state index contributed by atoms with van der Waals surface area (Å²) in [7, 11) is -3.76. The largest absolute Gasteiger partial charge is 0.354 e. The van der Waals surface area contributed by atoms with Crippen LogP contribution >= 0.6 is 0 Å². The first kappa shape index (κ1) is 29.3. The summed E-state index contributed by atoms with van der Waals surface area (Å²) in [6.45, 7) is 2.40. The number of anilines is 1. The summed E-state index contributed by atoms with van der Waals surface area (Å²) in [5, 5.41) is 4.43. The van der Waals surface area contributed by atoms with E-state index >= 15 is 0 Å². The second-order valence-corrected chi connectivity index (χ2v) is 12.3. The van der Waals surface area contributed by atoms with E-state index < -0.39 is 21.9 Å². The molecule has 0 bridgehead atoms. The molecule has 1 N–H and O–H groups in total. The zero-order valence-corrected chi connectivity index (χ0v) is 24.3. The average molecular weight is 588 g/mol. The van der Waals surface area contributed by atoms with Crippen LogP contribution in [0.15, 0.2) is 95.9 Å². The molecule has 2 amide bonds. The highest BCUT2D eigenvalue weighted by molar-refractivity contribution is 7.93. The van der Waals surface area contributed by atoms with Gasteiger partial charge in [-0.2, -0.15) is 0 Å². The van der Waals surface area contributed by atoms with E-state index in [-0.39, 0.29) is 49.1 Å². The molecule has 0 saturated heterocycles. The summed E-state index contributed by atoms with van der Waals surface area (Å²) in [5.41, 5.74) is 1.77. The third-order valence-electron chi connectivity index (χ3n) is 7.55. The highest BCUT2D eigenvalue weighted by Gasteiger charge is 2.36.